The standard InChI is InChI=1S/C18H26F4N4/c1-2-23-17(24-8-5-11-26-9-3-4-10-26)25-13-14-6-7-15(19)12-16(14)18(20,21)22/h6-7,12H,2-5,8-11,13H2,1H3,(H2,23,24,25). The smallest absolute Gasteiger partial charge is 0.357 e. The lowest BCUT2D eigenvalue weighted by Gasteiger charge is -2.16. The van der Waals surface area contributed by atoms with Crippen LogP contribution in [0, 0.1) is 5.82 Å². The van der Waals surface area contributed by atoms with Crippen molar-refractivity contribution in [3.63, 3.8) is 0 Å². The van der Waals surface area contributed by atoms with E-state index in [1.807, 2.05) is 6.92 Å². The summed E-state index contributed by atoms with van der Waals surface area (Å²) in [7, 11) is 0. The van der Waals surface area contributed by atoms with Gasteiger partial charge in [0.1, 0.15) is 5.82 Å². The molecule has 0 spiro atoms. The molecule has 1 aromatic carbocycles. The molecule has 1 aliphatic heterocycles. The van der Waals surface area contributed by atoms with Crippen LogP contribution in [0.2, 0.25) is 0 Å². The minimum absolute atomic E-state index is 0.0480. The molecule has 1 heterocycles. The second-order valence-corrected chi connectivity index (χ2v) is 6.32. The van der Waals surface area contributed by atoms with Crippen LogP contribution in [0.3, 0.4) is 0 Å². The highest BCUT2D eigenvalue weighted by Crippen LogP contribution is 2.32. The van der Waals surface area contributed by atoms with Gasteiger partial charge in [-0.05, 0) is 63.5 Å². The minimum atomic E-state index is -4.60. The van der Waals surface area contributed by atoms with Crippen LogP contribution < -0.4 is 10.6 Å². The number of hydrogen-bond donors (Lipinski definition) is 2. The zero-order valence-corrected chi connectivity index (χ0v) is 15.0. The number of guanidine groups is 1. The molecule has 0 bridgehead atoms. The van der Waals surface area contributed by atoms with E-state index in [-0.39, 0.29) is 12.1 Å². The number of nitrogens with one attached hydrogen (secondary N) is 2. The second kappa shape index (κ2) is 9.75. The van der Waals surface area contributed by atoms with Gasteiger partial charge in [0, 0.05) is 13.1 Å². The Kier molecular flexibility index (Phi) is 7.68. The van der Waals surface area contributed by atoms with Crippen LogP contribution in [0.5, 0.6) is 0 Å². The average molecular weight is 374 g/mol. The Morgan fingerprint density at radius 3 is 2.58 bits per heavy atom. The second-order valence-electron chi connectivity index (χ2n) is 6.32. The van der Waals surface area contributed by atoms with Crippen LogP contribution in [0.4, 0.5) is 17.6 Å². The van der Waals surface area contributed by atoms with Gasteiger partial charge in [0.2, 0.25) is 0 Å². The van der Waals surface area contributed by atoms with Crippen molar-refractivity contribution in [3.05, 3.63) is 35.1 Å². The fourth-order valence-electron chi connectivity index (χ4n) is 2.97. The van der Waals surface area contributed by atoms with Crippen molar-refractivity contribution in [2.45, 2.75) is 38.9 Å². The molecule has 1 aliphatic rings. The van der Waals surface area contributed by atoms with Crippen molar-refractivity contribution in [2.24, 2.45) is 4.99 Å². The Labute approximate surface area is 151 Å². The highest BCUT2D eigenvalue weighted by atomic mass is 19.4. The monoisotopic (exact) mass is 374 g/mol. The number of halogens is 4. The van der Waals surface area contributed by atoms with E-state index in [0.29, 0.717) is 25.1 Å². The summed E-state index contributed by atoms with van der Waals surface area (Å²) >= 11 is 0. The number of rotatable bonds is 7. The van der Waals surface area contributed by atoms with E-state index in [1.165, 1.54) is 12.8 Å². The molecule has 146 valence electrons. The molecule has 2 N–H and O–H groups in total. The summed E-state index contributed by atoms with van der Waals surface area (Å²) in [6.45, 7) is 6.29. The normalized spacial score (nSPS) is 16.1. The summed E-state index contributed by atoms with van der Waals surface area (Å²) in [5.41, 5.74) is -1.03. The zero-order chi connectivity index (χ0) is 19.0. The average Bonchev–Trinajstić information content (AvgIpc) is 3.09. The minimum Gasteiger partial charge on any atom is -0.357 e. The highest BCUT2D eigenvalue weighted by Gasteiger charge is 2.33. The first-order valence-corrected chi connectivity index (χ1v) is 9.00. The largest absolute Gasteiger partial charge is 0.416 e. The molecule has 0 atom stereocenters. The first-order valence-electron chi connectivity index (χ1n) is 9.00. The lowest BCUT2D eigenvalue weighted by atomic mass is 10.1. The number of aliphatic imine (C=N–C) groups is 1. The molecule has 0 unspecified atom stereocenters. The van der Waals surface area contributed by atoms with Crippen LogP contribution in [-0.2, 0) is 12.7 Å². The lowest BCUT2D eigenvalue weighted by Crippen LogP contribution is -2.38. The predicted octanol–water partition coefficient (Wildman–Crippen LogP) is 3.39. The van der Waals surface area contributed by atoms with Crippen LogP contribution in [0.15, 0.2) is 23.2 Å². The van der Waals surface area contributed by atoms with E-state index in [0.717, 1.165) is 38.2 Å². The van der Waals surface area contributed by atoms with Gasteiger partial charge in [-0.3, -0.25) is 0 Å². The van der Waals surface area contributed by atoms with E-state index in [1.54, 1.807) is 0 Å². The van der Waals surface area contributed by atoms with Crippen molar-refractivity contribution in [2.75, 3.05) is 32.7 Å². The molecular formula is C18H26F4N4. The maximum absolute atomic E-state index is 13.2. The maximum atomic E-state index is 13.2. The van der Waals surface area contributed by atoms with Crippen molar-refractivity contribution < 1.29 is 17.6 Å². The van der Waals surface area contributed by atoms with Gasteiger partial charge in [0.15, 0.2) is 5.96 Å². The fraction of sp³-hybridized carbons (Fsp3) is 0.611. The third-order valence-electron chi connectivity index (χ3n) is 4.27. The summed E-state index contributed by atoms with van der Waals surface area (Å²) in [4.78, 5) is 6.62. The molecule has 0 radical (unpaired) electrons. The Balaban J connectivity index is 1.93. The summed E-state index contributed by atoms with van der Waals surface area (Å²) in [5, 5.41) is 6.16. The topological polar surface area (TPSA) is 39.7 Å². The number of likely N-dealkylation sites (tertiary alicyclic amines) is 1. The third kappa shape index (κ3) is 6.48. The van der Waals surface area contributed by atoms with Crippen LogP contribution in [0.25, 0.3) is 0 Å². The number of nitrogens with zero attached hydrogens (tertiary/aromatic N) is 2. The highest BCUT2D eigenvalue weighted by molar-refractivity contribution is 5.79. The van der Waals surface area contributed by atoms with Crippen molar-refractivity contribution in [1.82, 2.24) is 15.5 Å². The molecule has 0 saturated carbocycles. The maximum Gasteiger partial charge on any atom is 0.416 e. The number of alkyl halides is 3. The summed E-state index contributed by atoms with van der Waals surface area (Å²) in [6, 6.07) is 2.68. The predicted molar refractivity (Wildman–Crippen MR) is 94.5 cm³/mol. The van der Waals surface area contributed by atoms with Gasteiger partial charge in [-0.15, -0.1) is 0 Å². The van der Waals surface area contributed by atoms with Crippen molar-refractivity contribution in [3.8, 4) is 0 Å². The Morgan fingerprint density at radius 2 is 1.92 bits per heavy atom. The van der Waals surface area contributed by atoms with E-state index in [4.69, 9.17) is 0 Å². The molecule has 1 saturated heterocycles. The molecule has 0 amide bonds. The van der Waals surface area contributed by atoms with Crippen LogP contribution in [-0.4, -0.2) is 43.6 Å². The van der Waals surface area contributed by atoms with E-state index < -0.39 is 17.6 Å². The van der Waals surface area contributed by atoms with Gasteiger partial charge in [-0.2, -0.15) is 13.2 Å². The molecule has 0 aliphatic carbocycles. The van der Waals surface area contributed by atoms with Gasteiger partial charge in [-0.25, -0.2) is 9.38 Å². The van der Waals surface area contributed by atoms with Gasteiger partial charge in [-0.1, -0.05) is 6.07 Å². The SMILES string of the molecule is CCNC(=NCc1ccc(F)cc1C(F)(F)F)NCCCN1CCCC1. The first kappa shape index (κ1) is 20.5. The van der Waals surface area contributed by atoms with Crippen molar-refractivity contribution >= 4 is 5.96 Å². The fourth-order valence-corrected chi connectivity index (χ4v) is 2.97. The molecule has 1 fully saturated rings. The third-order valence-corrected chi connectivity index (χ3v) is 4.27. The summed E-state index contributed by atoms with van der Waals surface area (Å²) in [6.07, 6.45) is -1.17. The zero-order valence-electron chi connectivity index (χ0n) is 15.0. The summed E-state index contributed by atoms with van der Waals surface area (Å²) < 4.78 is 52.3. The first-order chi connectivity index (χ1) is 12.4. The van der Waals surface area contributed by atoms with Crippen LogP contribution >= 0.6 is 0 Å². The molecule has 1 aromatic rings. The van der Waals surface area contributed by atoms with Gasteiger partial charge >= 0.3 is 6.18 Å². The van der Waals surface area contributed by atoms with Gasteiger partial charge in [0.25, 0.3) is 0 Å². The van der Waals surface area contributed by atoms with E-state index in [2.05, 4.69) is 20.5 Å². The van der Waals surface area contributed by atoms with Crippen LogP contribution in [0.1, 0.15) is 37.3 Å². The van der Waals surface area contributed by atoms with E-state index in [9.17, 15) is 17.6 Å². The Bertz CT molecular complexity index is 595. The van der Waals surface area contributed by atoms with Gasteiger partial charge in [0.05, 0.1) is 12.1 Å². The number of benzene rings is 1. The molecular weight excluding hydrogens is 348 g/mol. The summed E-state index contributed by atoms with van der Waals surface area (Å²) in [5.74, 6) is -0.441. The number of hydrogen-bond acceptors (Lipinski definition) is 2. The lowest BCUT2D eigenvalue weighted by molar-refractivity contribution is -0.138. The molecule has 26 heavy (non-hydrogen) atoms. The molecule has 4 nitrogen and oxygen atoms in total. The Hall–Kier alpha value is -1.83. The quantitative estimate of drug-likeness (QED) is 0.333. The van der Waals surface area contributed by atoms with Crippen molar-refractivity contribution in [1.29, 1.82) is 0 Å². The molecule has 0 aromatic heterocycles. The molecule has 8 heteroatoms. The Morgan fingerprint density at radius 1 is 1.19 bits per heavy atom. The molecule has 2 rings (SSSR count). The van der Waals surface area contributed by atoms with Gasteiger partial charge < -0.3 is 15.5 Å². The van der Waals surface area contributed by atoms with E-state index >= 15 is 0 Å².